The van der Waals surface area contributed by atoms with Crippen LogP contribution < -0.4 is 10.2 Å². The summed E-state index contributed by atoms with van der Waals surface area (Å²) in [6, 6.07) is 32.6. The van der Waals surface area contributed by atoms with Crippen LogP contribution in [0.15, 0.2) is 114 Å². The van der Waals surface area contributed by atoms with E-state index < -0.39 is 5.92 Å². The van der Waals surface area contributed by atoms with Crippen LogP contribution in [0.1, 0.15) is 44.2 Å². The number of nitrogens with one attached hydrogen (secondary N) is 1. The van der Waals surface area contributed by atoms with Gasteiger partial charge in [0, 0.05) is 17.3 Å². The fraction of sp³-hybridized carbons (Fsp3) is 0.268. The van der Waals surface area contributed by atoms with Gasteiger partial charge in [0.2, 0.25) is 11.8 Å². The zero-order valence-corrected chi connectivity index (χ0v) is 27.9. The van der Waals surface area contributed by atoms with Gasteiger partial charge < -0.3 is 15.2 Å². The van der Waals surface area contributed by atoms with Crippen molar-refractivity contribution in [1.82, 2.24) is 0 Å². The maximum absolute atomic E-state index is 14.1. The van der Waals surface area contributed by atoms with Crippen molar-refractivity contribution in [3.05, 3.63) is 130 Å². The van der Waals surface area contributed by atoms with Crippen LogP contribution in [0.4, 0.5) is 17.1 Å². The number of phenolic OH excluding ortho intramolecular Hbond substituents is 1. The largest absolute Gasteiger partial charge is 0.508 e. The molecule has 244 valence electrons. The lowest BCUT2D eigenvalue weighted by Gasteiger charge is -2.33. The molecule has 0 radical (unpaired) electrons. The van der Waals surface area contributed by atoms with E-state index in [-0.39, 0.29) is 41.4 Å². The zero-order chi connectivity index (χ0) is 33.4. The Morgan fingerprint density at radius 3 is 2.29 bits per heavy atom. The van der Waals surface area contributed by atoms with Gasteiger partial charge in [0.05, 0.1) is 35.3 Å². The minimum atomic E-state index is -0.429. The number of allylic oxidation sites excluding steroid dienone is 2. The van der Waals surface area contributed by atoms with Crippen LogP contribution >= 0.6 is 11.6 Å². The van der Waals surface area contributed by atoms with Gasteiger partial charge >= 0.3 is 0 Å². The molecule has 7 rings (SSSR count). The highest BCUT2D eigenvalue weighted by atomic mass is 35.5. The molecule has 4 aromatic carbocycles. The van der Waals surface area contributed by atoms with Gasteiger partial charge in [0.25, 0.3) is 0 Å². The van der Waals surface area contributed by atoms with Crippen LogP contribution in [-0.4, -0.2) is 29.6 Å². The first-order chi connectivity index (χ1) is 23.3. The maximum atomic E-state index is 14.1. The Labute approximate surface area is 286 Å². The Hall–Kier alpha value is -4.65. The van der Waals surface area contributed by atoms with Gasteiger partial charge in [-0.3, -0.25) is 14.5 Å². The molecule has 2 amide bonds. The summed E-state index contributed by atoms with van der Waals surface area (Å²) in [5.41, 5.74) is 7.96. The summed E-state index contributed by atoms with van der Waals surface area (Å²) < 4.78 is 6.53. The Morgan fingerprint density at radius 2 is 1.60 bits per heavy atom. The van der Waals surface area contributed by atoms with Gasteiger partial charge in [-0.1, -0.05) is 79.6 Å². The molecule has 0 saturated carbocycles. The number of hydrogen-bond acceptors (Lipinski definition) is 5. The molecule has 2 N–H and O–H groups in total. The Morgan fingerprint density at radius 1 is 0.917 bits per heavy atom. The molecule has 0 unspecified atom stereocenters. The van der Waals surface area contributed by atoms with Crippen LogP contribution in [0, 0.1) is 23.7 Å². The van der Waals surface area contributed by atoms with Gasteiger partial charge in [0.15, 0.2) is 0 Å². The lowest BCUT2D eigenvalue weighted by Crippen LogP contribution is -2.35. The van der Waals surface area contributed by atoms with Gasteiger partial charge in [-0.25, -0.2) is 0 Å². The highest BCUT2D eigenvalue weighted by Crippen LogP contribution is 2.52. The first-order valence-corrected chi connectivity index (χ1v) is 17.0. The number of imide groups is 1. The second-order valence-corrected chi connectivity index (χ2v) is 13.6. The standard InChI is InChI=1S/C41H39ClN2O4/c1-25(2)33-23-34-39(41(47)44(40(34)46)31-17-15-30(16-18-31)43-29-11-7-4-8-12-29)35-24-48-37(38(33)35)20-14-27(26-9-5-3-6-10-26)21-28-13-19-32(45)22-36(28)42/h3-13,15-19,21-22,25,34-35,37,39,43,45H,14,20,23-24H2,1-2H3/b27-21-/t34-,35+,37-,39-/m1/s1. The number of amides is 2. The molecule has 2 heterocycles. The van der Waals surface area contributed by atoms with Crippen molar-refractivity contribution in [2.45, 2.75) is 39.2 Å². The molecule has 4 atom stereocenters. The quantitative estimate of drug-likeness (QED) is 0.106. The van der Waals surface area contributed by atoms with E-state index in [2.05, 4.69) is 37.4 Å². The minimum absolute atomic E-state index is 0.116. The summed E-state index contributed by atoms with van der Waals surface area (Å²) in [5, 5.41) is 13.7. The van der Waals surface area contributed by atoms with Crippen LogP contribution in [0.5, 0.6) is 5.75 Å². The van der Waals surface area contributed by atoms with E-state index in [9.17, 15) is 14.7 Å². The van der Waals surface area contributed by atoms with E-state index >= 15 is 0 Å². The molecule has 48 heavy (non-hydrogen) atoms. The molecule has 1 aliphatic carbocycles. The van der Waals surface area contributed by atoms with Crippen molar-refractivity contribution in [1.29, 1.82) is 0 Å². The molecule has 0 aromatic heterocycles. The minimum Gasteiger partial charge on any atom is -0.508 e. The second-order valence-electron chi connectivity index (χ2n) is 13.2. The summed E-state index contributed by atoms with van der Waals surface area (Å²) in [4.78, 5) is 29.5. The summed E-state index contributed by atoms with van der Waals surface area (Å²) >= 11 is 6.50. The van der Waals surface area contributed by atoms with Crippen LogP contribution in [-0.2, 0) is 14.3 Å². The molecule has 6 nitrogen and oxygen atoms in total. The Kier molecular flexibility index (Phi) is 8.95. The normalized spacial score (nSPS) is 22.3. The smallest absolute Gasteiger partial charge is 0.238 e. The first kappa shape index (κ1) is 31.9. The number of rotatable bonds is 9. The number of benzene rings is 4. The van der Waals surface area contributed by atoms with Crippen molar-refractivity contribution in [3.63, 3.8) is 0 Å². The van der Waals surface area contributed by atoms with Crippen LogP contribution in [0.3, 0.4) is 0 Å². The lowest BCUT2D eigenvalue weighted by atomic mass is 9.67. The first-order valence-electron chi connectivity index (χ1n) is 16.7. The number of aromatic hydroxyl groups is 1. The third-order valence-electron chi connectivity index (χ3n) is 9.96. The molecule has 0 spiro atoms. The SMILES string of the molecule is CC(C)C1=C2[C@@H](CC/C(=C/c3ccc(O)cc3Cl)c3ccccc3)OC[C@@H]2[C@@H]2C(=O)N(c3ccc(Nc4ccccc4)cc3)C(=O)[C@@H]2C1. The average molecular weight is 659 g/mol. The number of fused-ring (bicyclic) bond motifs is 3. The van der Waals surface area contributed by atoms with Gasteiger partial charge in [0.1, 0.15) is 5.75 Å². The second kappa shape index (κ2) is 13.5. The highest BCUT2D eigenvalue weighted by Gasteiger charge is 2.57. The fourth-order valence-electron chi connectivity index (χ4n) is 7.65. The number of phenols is 1. The third kappa shape index (κ3) is 6.18. The van der Waals surface area contributed by atoms with Crippen molar-refractivity contribution < 1.29 is 19.4 Å². The van der Waals surface area contributed by atoms with E-state index in [0.29, 0.717) is 23.7 Å². The number of carbonyl (C=O) groups is 2. The van der Waals surface area contributed by atoms with E-state index in [1.165, 1.54) is 16.0 Å². The topological polar surface area (TPSA) is 78.9 Å². The zero-order valence-electron chi connectivity index (χ0n) is 27.1. The molecule has 4 aromatic rings. The number of ether oxygens (including phenoxy) is 1. The lowest BCUT2D eigenvalue weighted by molar-refractivity contribution is -0.122. The number of hydrogen-bond donors (Lipinski definition) is 2. The molecule has 2 saturated heterocycles. The van der Waals surface area contributed by atoms with E-state index in [1.807, 2.05) is 78.9 Å². The van der Waals surface area contributed by atoms with Crippen LogP contribution in [0.25, 0.3) is 11.6 Å². The van der Waals surface area contributed by atoms with E-state index in [0.717, 1.165) is 40.9 Å². The van der Waals surface area contributed by atoms with E-state index in [4.69, 9.17) is 16.3 Å². The average Bonchev–Trinajstić information content (AvgIpc) is 3.62. The number of para-hydroxylation sites is 1. The molecule has 2 fully saturated rings. The van der Waals surface area contributed by atoms with Crippen LogP contribution in [0.2, 0.25) is 5.02 Å². The number of nitrogens with zero attached hydrogens (tertiary/aromatic N) is 1. The number of carbonyl (C=O) groups excluding carboxylic acids is 2. The van der Waals surface area contributed by atoms with Gasteiger partial charge in [-0.15, -0.1) is 0 Å². The molecule has 2 aliphatic heterocycles. The van der Waals surface area contributed by atoms with Gasteiger partial charge in [-0.2, -0.15) is 0 Å². The Balaban J connectivity index is 1.13. The predicted molar refractivity (Wildman–Crippen MR) is 192 cm³/mol. The maximum Gasteiger partial charge on any atom is 0.238 e. The van der Waals surface area contributed by atoms with Crippen molar-refractivity contribution in [2.75, 3.05) is 16.8 Å². The number of anilines is 3. The van der Waals surface area contributed by atoms with E-state index in [1.54, 1.807) is 12.1 Å². The molecule has 7 heteroatoms. The molecular weight excluding hydrogens is 620 g/mol. The third-order valence-corrected chi connectivity index (χ3v) is 10.3. The molecule has 0 bridgehead atoms. The van der Waals surface area contributed by atoms with Crippen molar-refractivity contribution in [2.24, 2.45) is 23.7 Å². The van der Waals surface area contributed by atoms with Crippen molar-refractivity contribution >= 4 is 52.1 Å². The summed E-state index contributed by atoms with van der Waals surface area (Å²) in [7, 11) is 0. The summed E-state index contributed by atoms with van der Waals surface area (Å²) in [6.07, 6.45) is 3.97. The summed E-state index contributed by atoms with van der Waals surface area (Å²) in [5.74, 6) is -0.824. The van der Waals surface area contributed by atoms with Crippen molar-refractivity contribution in [3.8, 4) is 5.75 Å². The Bertz CT molecular complexity index is 1890. The highest BCUT2D eigenvalue weighted by molar-refractivity contribution is 6.32. The molecule has 3 aliphatic rings. The fourth-order valence-corrected chi connectivity index (χ4v) is 7.88. The van der Waals surface area contributed by atoms with Gasteiger partial charge in [-0.05, 0) is 108 Å². The predicted octanol–water partition coefficient (Wildman–Crippen LogP) is 9.29. The summed E-state index contributed by atoms with van der Waals surface area (Å²) in [6.45, 7) is 4.78. The molecular formula is C41H39ClN2O4. The monoisotopic (exact) mass is 658 g/mol. The number of halogens is 1.